The number of alkyl halides is 3. The first-order chi connectivity index (χ1) is 15.0. The quantitative estimate of drug-likeness (QED) is 0.404. The molecule has 1 unspecified atom stereocenters. The summed E-state index contributed by atoms with van der Waals surface area (Å²) < 4.78 is 38.9. The van der Waals surface area contributed by atoms with Gasteiger partial charge in [0.15, 0.2) is 0 Å². The molecule has 32 heavy (non-hydrogen) atoms. The van der Waals surface area contributed by atoms with Crippen LogP contribution in [0.1, 0.15) is 48.4 Å². The molecule has 1 N–H and O–H groups in total. The Morgan fingerprint density at radius 1 is 1.06 bits per heavy atom. The molecule has 168 valence electrons. The predicted molar refractivity (Wildman–Crippen MR) is 119 cm³/mol. The summed E-state index contributed by atoms with van der Waals surface area (Å²) >= 11 is 6.27. The van der Waals surface area contributed by atoms with E-state index in [4.69, 9.17) is 11.6 Å². The van der Waals surface area contributed by atoms with Crippen molar-refractivity contribution in [2.24, 2.45) is 5.92 Å². The van der Waals surface area contributed by atoms with Crippen molar-refractivity contribution in [1.82, 2.24) is 4.98 Å². The van der Waals surface area contributed by atoms with Crippen LogP contribution in [-0.4, -0.2) is 16.1 Å². The van der Waals surface area contributed by atoms with Crippen LogP contribution < -0.4 is 0 Å². The van der Waals surface area contributed by atoms with Crippen LogP contribution in [0.4, 0.5) is 13.2 Å². The zero-order chi connectivity index (χ0) is 23.5. The number of aromatic nitrogens is 1. The highest BCUT2D eigenvalue weighted by atomic mass is 35.5. The van der Waals surface area contributed by atoms with E-state index in [-0.39, 0.29) is 5.92 Å². The van der Waals surface area contributed by atoms with E-state index in [1.165, 1.54) is 12.1 Å². The van der Waals surface area contributed by atoms with Gasteiger partial charge in [0.1, 0.15) is 0 Å². The maximum atomic E-state index is 13.0. The topological polar surface area (TPSA) is 50.2 Å². The van der Waals surface area contributed by atoms with Gasteiger partial charge in [-0.1, -0.05) is 55.8 Å². The molecule has 0 spiro atoms. The number of halogens is 4. The monoisotopic (exact) mass is 461 g/mol. The van der Waals surface area contributed by atoms with Gasteiger partial charge in [-0.2, -0.15) is 13.2 Å². The summed E-state index contributed by atoms with van der Waals surface area (Å²) in [5.41, 5.74) is 2.69. The maximum absolute atomic E-state index is 13.0. The van der Waals surface area contributed by atoms with Crippen LogP contribution in [0.5, 0.6) is 0 Å². The van der Waals surface area contributed by atoms with Gasteiger partial charge in [0.2, 0.25) is 0 Å². The molecular weight excluding hydrogens is 439 g/mol. The van der Waals surface area contributed by atoms with Crippen LogP contribution in [0.25, 0.3) is 11.1 Å². The van der Waals surface area contributed by atoms with Crippen LogP contribution in [0, 0.1) is 5.92 Å². The van der Waals surface area contributed by atoms with Crippen molar-refractivity contribution in [2.45, 2.75) is 38.8 Å². The van der Waals surface area contributed by atoms with E-state index in [1.54, 1.807) is 24.5 Å². The third-order valence-electron chi connectivity index (χ3n) is 5.21. The zero-order valence-electron chi connectivity index (χ0n) is 17.7. The Labute approximate surface area is 189 Å². The minimum atomic E-state index is -4.42. The first-order valence-electron chi connectivity index (χ1n) is 10.2. The van der Waals surface area contributed by atoms with E-state index >= 15 is 0 Å². The summed E-state index contributed by atoms with van der Waals surface area (Å²) in [5, 5.41) is 10.4. The normalized spacial score (nSPS) is 12.7. The molecule has 0 radical (unpaired) electrons. The van der Waals surface area contributed by atoms with Gasteiger partial charge in [-0.25, -0.2) is 0 Å². The van der Waals surface area contributed by atoms with Crippen LogP contribution in [0.2, 0.25) is 5.02 Å². The fraction of sp³-hybridized carbons (Fsp3) is 0.280. The Hall–Kier alpha value is -2.86. The van der Waals surface area contributed by atoms with Gasteiger partial charge >= 0.3 is 12.1 Å². The number of aliphatic carboxylic acids is 1. The molecule has 0 fully saturated rings. The number of carbonyl (C=O) groups is 1. The maximum Gasteiger partial charge on any atom is 0.416 e. The van der Waals surface area contributed by atoms with Crippen LogP contribution in [0.3, 0.4) is 0 Å². The lowest BCUT2D eigenvalue weighted by Gasteiger charge is -2.18. The Balaban J connectivity index is 2.09. The first-order valence-corrected chi connectivity index (χ1v) is 10.5. The Bertz CT molecular complexity index is 1100. The Kier molecular flexibility index (Phi) is 7.24. The second-order valence-corrected chi connectivity index (χ2v) is 8.61. The van der Waals surface area contributed by atoms with Crippen molar-refractivity contribution in [3.05, 3.63) is 88.2 Å². The van der Waals surface area contributed by atoms with Crippen molar-refractivity contribution in [1.29, 1.82) is 0 Å². The largest absolute Gasteiger partial charge is 0.481 e. The molecule has 1 atom stereocenters. The van der Waals surface area contributed by atoms with E-state index < -0.39 is 23.6 Å². The molecule has 3 rings (SSSR count). The summed E-state index contributed by atoms with van der Waals surface area (Å²) in [6.07, 6.45) is -0.329. The molecule has 2 aromatic carbocycles. The summed E-state index contributed by atoms with van der Waals surface area (Å²) in [7, 11) is 0. The second kappa shape index (κ2) is 9.74. The molecule has 0 saturated carbocycles. The molecule has 0 amide bonds. The van der Waals surface area contributed by atoms with Crippen LogP contribution in [0.15, 0.2) is 60.9 Å². The first kappa shape index (κ1) is 23.8. The van der Waals surface area contributed by atoms with Gasteiger partial charge in [-0.3, -0.25) is 9.78 Å². The SMILES string of the molecule is CC(C)CC(C(=O)O)c1cc(Cc2cnccc2Cl)cc(-c2ccc(C(F)(F)F)cc2)c1. The van der Waals surface area contributed by atoms with Crippen LogP contribution >= 0.6 is 11.6 Å². The predicted octanol–water partition coefficient (Wildman–Crippen LogP) is 7.23. The fourth-order valence-electron chi connectivity index (χ4n) is 3.65. The lowest BCUT2D eigenvalue weighted by Crippen LogP contribution is -2.14. The number of pyridine rings is 1. The third kappa shape index (κ3) is 5.88. The smallest absolute Gasteiger partial charge is 0.416 e. The molecule has 0 aliphatic heterocycles. The lowest BCUT2D eigenvalue weighted by molar-refractivity contribution is -0.139. The number of benzene rings is 2. The standard InChI is InChI=1S/C25H23ClF3NO2/c1-15(2)9-22(24(31)32)19-11-16(12-20-14-30-8-7-23(20)26)10-18(13-19)17-3-5-21(6-4-17)25(27,28)29/h3-8,10-11,13-15,22H,9,12H2,1-2H3,(H,31,32). The molecular formula is C25H23ClF3NO2. The van der Waals surface area contributed by atoms with E-state index in [9.17, 15) is 23.1 Å². The summed E-state index contributed by atoms with van der Waals surface area (Å²) in [4.78, 5) is 16.1. The number of carboxylic acid groups (broad SMARTS) is 1. The molecule has 1 heterocycles. The van der Waals surface area contributed by atoms with E-state index in [0.717, 1.165) is 23.3 Å². The Morgan fingerprint density at radius 2 is 1.75 bits per heavy atom. The van der Waals surface area contributed by atoms with Gasteiger partial charge in [0.05, 0.1) is 11.5 Å². The molecule has 1 aromatic heterocycles. The molecule has 7 heteroatoms. The van der Waals surface area contributed by atoms with E-state index in [0.29, 0.717) is 34.6 Å². The fourth-order valence-corrected chi connectivity index (χ4v) is 3.82. The second-order valence-electron chi connectivity index (χ2n) is 8.20. The van der Waals surface area contributed by atoms with E-state index in [1.807, 2.05) is 26.0 Å². The van der Waals surface area contributed by atoms with Gasteiger partial charge in [0, 0.05) is 23.8 Å². The average Bonchev–Trinajstić information content (AvgIpc) is 2.72. The van der Waals surface area contributed by atoms with Crippen molar-refractivity contribution < 1.29 is 23.1 Å². The van der Waals surface area contributed by atoms with Gasteiger partial charge in [-0.15, -0.1) is 0 Å². The van der Waals surface area contributed by atoms with Crippen molar-refractivity contribution in [2.75, 3.05) is 0 Å². The number of carboxylic acids is 1. The molecule has 3 aromatic rings. The minimum absolute atomic E-state index is 0.155. The lowest BCUT2D eigenvalue weighted by atomic mass is 9.86. The zero-order valence-corrected chi connectivity index (χ0v) is 18.4. The highest BCUT2D eigenvalue weighted by Crippen LogP contribution is 2.34. The third-order valence-corrected chi connectivity index (χ3v) is 5.58. The van der Waals surface area contributed by atoms with Gasteiger partial charge < -0.3 is 5.11 Å². The van der Waals surface area contributed by atoms with Gasteiger partial charge in [0.25, 0.3) is 0 Å². The minimum Gasteiger partial charge on any atom is -0.481 e. The number of hydrogen-bond acceptors (Lipinski definition) is 2. The van der Waals surface area contributed by atoms with E-state index in [2.05, 4.69) is 4.98 Å². The van der Waals surface area contributed by atoms with Crippen molar-refractivity contribution >= 4 is 17.6 Å². The average molecular weight is 462 g/mol. The molecule has 3 nitrogen and oxygen atoms in total. The molecule has 0 aliphatic carbocycles. The van der Waals surface area contributed by atoms with Crippen LogP contribution in [-0.2, 0) is 17.4 Å². The van der Waals surface area contributed by atoms with Gasteiger partial charge in [-0.05, 0) is 58.4 Å². The number of hydrogen-bond donors (Lipinski definition) is 1. The molecule has 0 bridgehead atoms. The van der Waals surface area contributed by atoms with Crippen molar-refractivity contribution in [3.63, 3.8) is 0 Å². The molecule has 0 saturated heterocycles. The number of nitrogens with zero attached hydrogens (tertiary/aromatic N) is 1. The summed E-state index contributed by atoms with van der Waals surface area (Å²) in [5.74, 6) is -1.51. The summed E-state index contributed by atoms with van der Waals surface area (Å²) in [6.45, 7) is 3.90. The molecule has 0 aliphatic rings. The highest BCUT2D eigenvalue weighted by Gasteiger charge is 2.30. The van der Waals surface area contributed by atoms with Crippen molar-refractivity contribution in [3.8, 4) is 11.1 Å². The Morgan fingerprint density at radius 3 is 2.31 bits per heavy atom. The summed E-state index contributed by atoms with van der Waals surface area (Å²) in [6, 6.07) is 12.0. The highest BCUT2D eigenvalue weighted by molar-refractivity contribution is 6.31. The number of rotatable bonds is 7.